The van der Waals surface area contributed by atoms with Gasteiger partial charge in [-0.15, -0.1) is 0 Å². The van der Waals surface area contributed by atoms with Crippen LogP contribution in [0.25, 0.3) is 16.9 Å². The second kappa shape index (κ2) is 5.69. The van der Waals surface area contributed by atoms with Crippen LogP contribution >= 0.6 is 23.2 Å². The molecule has 3 rings (SSSR count). The number of nitrogens with zero attached hydrogens (tertiary/aromatic N) is 2. The molecular weight excluding hydrogens is 394 g/mol. The Morgan fingerprint density at radius 2 is 1.84 bits per heavy atom. The molecule has 0 spiro atoms. The summed E-state index contributed by atoms with van der Waals surface area (Å²) in [5.41, 5.74) is 3.97. The fourth-order valence-corrected chi connectivity index (χ4v) is 2.18. The molecule has 2 heterocycles. The van der Waals surface area contributed by atoms with Gasteiger partial charge in [0.2, 0.25) is 0 Å². The average molecular weight is 404 g/mol. The summed E-state index contributed by atoms with van der Waals surface area (Å²) < 4.78 is 1.99. The van der Waals surface area contributed by atoms with Gasteiger partial charge in [-0.05, 0) is 36.8 Å². The van der Waals surface area contributed by atoms with Crippen LogP contribution in [-0.2, 0) is 0 Å². The van der Waals surface area contributed by atoms with Gasteiger partial charge >= 0.3 is 0 Å². The van der Waals surface area contributed by atoms with Crippen molar-refractivity contribution >= 4 is 28.8 Å². The Hall–Kier alpha value is -0.780. The standard InChI is InChI=1S/C14H10Cl2N2.HI/c1-9-4-5-18-8-13(17-14(18)6-9)10-2-3-11(15)12(16)7-10;/h2-8H,1H3;1H/p-1. The number of halogens is 3. The first-order valence-corrected chi connectivity index (χ1v) is 6.30. The van der Waals surface area contributed by atoms with Gasteiger partial charge in [-0.2, -0.15) is 0 Å². The number of aromatic nitrogens is 2. The molecule has 0 unspecified atom stereocenters. The lowest BCUT2D eigenvalue weighted by Crippen LogP contribution is -3.00. The molecule has 0 aliphatic carbocycles. The molecule has 1 aromatic carbocycles. The van der Waals surface area contributed by atoms with Gasteiger partial charge in [0.05, 0.1) is 15.7 Å². The minimum atomic E-state index is 0. The van der Waals surface area contributed by atoms with Crippen molar-refractivity contribution in [3.63, 3.8) is 0 Å². The monoisotopic (exact) mass is 403 g/mol. The van der Waals surface area contributed by atoms with Gasteiger partial charge in [0, 0.05) is 18.0 Å². The highest BCUT2D eigenvalue weighted by Gasteiger charge is 2.06. The summed E-state index contributed by atoms with van der Waals surface area (Å²) in [5.74, 6) is 0. The number of aryl methyl sites for hydroxylation is 1. The number of pyridine rings is 1. The first-order valence-electron chi connectivity index (χ1n) is 5.54. The number of imidazole rings is 1. The molecule has 5 heteroatoms. The molecule has 98 valence electrons. The van der Waals surface area contributed by atoms with E-state index in [2.05, 4.69) is 4.98 Å². The molecule has 0 atom stereocenters. The SMILES string of the molecule is Cc1ccn2cc(-c3ccc(Cl)c(Cl)c3)nc2c1.[I-]. The van der Waals surface area contributed by atoms with Gasteiger partial charge in [-0.1, -0.05) is 29.3 Å². The zero-order valence-electron chi connectivity index (χ0n) is 10.1. The lowest BCUT2D eigenvalue weighted by atomic mass is 10.2. The second-order valence-electron chi connectivity index (χ2n) is 4.22. The molecule has 0 saturated carbocycles. The molecule has 0 saturated heterocycles. The topological polar surface area (TPSA) is 17.3 Å². The van der Waals surface area contributed by atoms with Crippen molar-refractivity contribution in [1.82, 2.24) is 9.38 Å². The quantitative estimate of drug-likeness (QED) is 0.564. The average Bonchev–Trinajstić information content (AvgIpc) is 2.75. The lowest BCUT2D eigenvalue weighted by molar-refractivity contribution is -0.00000354. The first-order chi connectivity index (χ1) is 8.63. The van der Waals surface area contributed by atoms with Crippen molar-refractivity contribution < 1.29 is 24.0 Å². The molecule has 0 fully saturated rings. The van der Waals surface area contributed by atoms with Crippen LogP contribution in [0.1, 0.15) is 5.56 Å². The van der Waals surface area contributed by atoms with Gasteiger partial charge in [0.15, 0.2) is 0 Å². The third-order valence-corrected chi connectivity index (χ3v) is 3.57. The van der Waals surface area contributed by atoms with Crippen molar-refractivity contribution in [2.45, 2.75) is 6.92 Å². The molecule has 19 heavy (non-hydrogen) atoms. The number of hydrogen-bond acceptors (Lipinski definition) is 1. The molecule has 0 N–H and O–H groups in total. The maximum atomic E-state index is 6.02. The number of rotatable bonds is 1. The molecule has 0 amide bonds. The predicted molar refractivity (Wildman–Crippen MR) is 75.4 cm³/mol. The number of hydrogen-bond donors (Lipinski definition) is 0. The fourth-order valence-electron chi connectivity index (χ4n) is 1.88. The third kappa shape index (κ3) is 2.88. The smallest absolute Gasteiger partial charge is 0.137 e. The Morgan fingerprint density at radius 3 is 2.58 bits per heavy atom. The molecule has 2 nitrogen and oxygen atoms in total. The maximum absolute atomic E-state index is 6.02. The van der Waals surface area contributed by atoms with Crippen LogP contribution in [0.3, 0.4) is 0 Å². The van der Waals surface area contributed by atoms with Crippen LogP contribution in [-0.4, -0.2) is 9.38 Å². The summed E-state index contributed by atoms with van der Waals surface area (Å²) in [5, 5.41) is 1.10. The second-order valence-corrected chi connectivity index (χ2v) is 5.04. The summed E-state index contributed by atoms with van der Waals surface area (Å²) >= 11 is 11.9. The van der Waals surface area contributed by atoms with Gasteiger partial charge in [-0.3, -0.25) is 0 Å². The van der Waals surface area contributed by atoms with E-state index in [0.29, 0.717) is 10.0 Å². The first kappa shape index (κ1) is 14.6. The summed E-state index contributed by atoms with van der Waals surface area (Å²) in [4.78, 5) is 4.58. The maximum Gasteiger partial charge on any atom is 0.137 e. The molecular formula is C14H10Cl2IN2-. The lowest BCUT2D eigenvalue weighted by Gasteiger charge is -1.98. The third-order valence-electron chi connectivity index (χ3n) is 2.83. The Balaban J connectivity index is 0.00000133. The van der Waals surface area contributed by atoms with E-state index in [4.69, 9.17) is 23.2 Å². The van der Waals surface area contributed by atoms with Crippen molar-refractivity contribution in [2.75, 3.05) is 0 Å². The van der Waals surface area contributed by atoms with Crippen molar-refractivity contribution in [2.24, 2.45) is 0 Å². The van der Waals surface area contributed by atoms with Gasteiger partial charge < -0.3 is 28.4 Å². The van der Waals surface area contributed by atoms with Crippen LogP contribution in [0.15, 0.2) is 42.7 Å². The highest BCUT2D eigenvalue weighted by molar-refractivity contribution is 6.42. The van der Waals surface area contributed by atoms with E-state index in [1.165, 1.54) is 5.56 Å². The normalized spacial score (nSPS) is 10.5. The molecule has 2 aromatic heterocycles. The highest BCUT2D eigenvalue weighted by atomic mass is 127. The molecule has 0 aliphatic rings. The van der Waals surface area contributed by atoms with Crippen LogP contribution in [0.2, 0.25) is 10.0 Å². The Kier molecular flexibility index (Phi) is 4.38. The van der Waals surface area contributed by atoms with Gasteiger partial charge in [0.25, 0.3) is 0 Å². The summed E-state index contributed by atoms with van der Waals surface area (Å²) in [6.45, 7) is 2.05. The van der Waals surface area contributed by atoms with Gasteiger partial charge in [0.1, 0.15) is 5.65 Å². The molecule has 0 radical (unpaired) electrons. The zero-order valence-corrected chi connectivity index (χ0v) is 13.7. The van der Waals surface area contributed by atoms with E-state index in [1.807, 2.05) is 48.0 Å². The minimum Gasteiger partial charge on any atom is -1.00 e. The van der Waals surface area contributed by atoms with E-state index in [9.17, 15) is 0 Å². The van der Waals surface area contributed by atoms with Crippen LogP contribution in [0, 0.1) is 6.92 Å². The fraction of sp³-hybridized carbons (Fsp3) is 0.0714. The largest absolute Gasteiger partial charge is 1.00 e. The van der Waals surface area contributed by atoms with E-state index in [-0.39, 0.29) is 24.0 Å². The van der Waals surface area contributed by atoms with E-state index < -0.39 is 0 Å². The van der Waals surface area contributed by atoms with Crippen molar-refractivity contribution in [3.8, 4) is 11.3 Å². The number of fused-ring (bicyclic) bond motifs is 1. The Morgan fingerprint density at radius 1 is 1.05 bits per heavy atom. The summed E-state index contributed by atoms with van der Waals surface area (Å²) in [6, 6.07) is 9.63. The molecule has 0 aliphatic heterocycles. The number of benzene rings is 1. The van der Waals surface area contributed by atoms with Crippen molar-refractivity contribution in [1.29, 1.82) is 0 Å². The molecule has 3 aromatic rings. The van der Waals surface area contributed by atoms with Crippen LogP contribution in [0.5, 0.6) is 0 Å². The van der Waals surface area contributed by atoms with Crippen LogP contribution < -0.4 is 24.0 Å². The van der Waals surface area contributed by atoms with E-state index >= 15 is 0 Å². The summed E-state index contributed by atoms with van der Waals surface area (Å²) in [6.07, 6.45) is 3.98. The molecule has 0 bridgehead atoms. The highest BCUT2D eigenvalue weighted by Crippen LogP contribution is 2.28. The van der Waals surface area contributed by atoms with Crippen LogP contribution in [0.4, 0.5) is 0 Å². The Labute approximate surface area is 138 Å². The Bertz CT molecular complexity index is 737. The van der Waals surface area contributed by atoms with Crippen molar-refractivity contribution in [3.05, 3.63) is 58.3 Å². The van der Waals surface area contributed by atoms with Gasteiger partial charge in [-0.25, -0.2) is 4.98 Å². The zero-order chi connectivity index (χ0) is 12.7. The summed E-state index contributed by atoms with van der Waals surface area (Å²) in [7, 11) is 0. The van der Waals surface area contributed by atoms with E-state index in [1.54, 1.807) is 6.07 Å². The minimum absolute atomic E-state index is 0. The van der Waals surface area contributed by atoms with E-state index in [0.717, 1.165) is 16.9 Å². The predicted octanol–water partition coefficient (Wildman–Crippen LogP) is 1.62.